The number of halogens is 1. The molecule has 0 atom stereocenters. The van der Waals surface area contributed by atoms with Crippen molar-refractivity contribution in [1.82, 2.24) is 9.97 Å². The van der Waals surface area contributed by atoms with Crippen molar-refractivity contribution >= 4 is 0 Å². The minimum atomic E-state index is -0.311. The summed E-state index contributed by atoms with van der Waals surface area (Å²) in [6, 6.07) is 10.0. The van der Waals surface area contributed by atoms with Crippen molar-refractivity contribution in [3.05, 3.63) is 72.1 Å². The quantitative estimate of drug-likeness (QED) is 0.722. The fourth-order valence-corrected chi connectivity index (χ4v) is 2.20. The summed E-state index contributed by atoms with van der Waals surface area (Å²) in [5.41, 5.74) is 1.54. The van der Waals surface area contributed by atoms with Crippen molar-refractivity contribution in [3.63, 3.8) is 0 Å². The lowest BCUT2D eigenvalue weighted by Gasteiger charge is -2.21. The highest BCUT2D eigenvalue weighted by atomic mass is 19.1. The zero-order valence-electron chi connectivity index (χ0n) is 11.9. The highest BCUT2D eigenvalue weighted by molar-refractivity contribution is 5.53. The molecule has 3 nitrogen and oxygen atoms in total. The van der Waals surface area contributed by atoms with Gasteiger partial charge in [-0.3, -0.25) is 4.98 Å². The second-order valence-corrected chi connectivity index (χ2v) is 5.40. The van der Waals surface area contributed by atoms with E-state index in [1.807, 2.05) is 12.1 Å². The number of pyridine rings is 1. The van der Waals surface area contributed by atoms with Crippen LogP contribution in [-0.4, -0.2) is 9.97 Å². The van der Waals surface area contributed by atoms with Gasteiger partial charge in [-0.1, -0.05) is 0 Å². The van der Waals surface area contributed by atoms with Crippen LogP contribution in [0.15, 0.2) is 59.4 Å². The third-order valence-electron chi connectivity index (χ3n) is 3.61. The van der Waals surface area contributed by atoms with Crippen LogP contribution in [0.5, 0.6) is 0 Å². The molecule has 0 unspecified atom stereocenters. The van der Waals surface area contributed by atoms with Gasteiger partial charge in [0.05, 0.1) is 6.20 Å². The van der Waals surface area contributed by atoms with Crippen LogP contribution < -0.4 is 0 Å². The Balaban J connectivity index is 1.96. The number of benzene rings is 1. The molecule has 2 aromatic heterocycles. The normalized spacial score (nSPS) is 11.6. The average Bonchev–Trinajstić information content (AvgIpc) is 2.99. The second kappa shape index (κ2) is 5.13. The van der Waals surface area contributed by atoms with Gasteiger partial charge in [-0.05, 0) is 55.8 Å². The van der Waals surface area contributed by atoms with Gasteiger partial charge in [-0.15, -0.1) is 0 Å². The smallest absolute Gasteiger partial charge is 0.226 e. The van der Waals surface area contributed by atoms with Gasteiger partial charge in [0.25, 0.3) is 0 Å². The van der Waals surface area contributed by atoms with Crippen molar-refractivity contribution in [2.75, 3.05) is 0 Å². The van der Waals surface area contributed by atoms with Crippen molar-refractivity contribution < 1.29 is 8.81 Å². The average molecular weight is 282 g/mol. The lowest BCUT2D eigenvalue weighted by atomic mass is 9.83. The Morgan fingerprint density at radius 3 is 2.33 bits per heavy atom. The zero-order valence-corrected chi connectivity index (χ0v) is 11.9. The van der Waals surface area contributed by atoms with Crippen LogP contribution in [0.3, 0.4) is 0 Å². The topological polar surface area (TPSA) is 38.9 Å². The van der Waals surface area contributed by atoms with Crippen LogP contribution in [-0.2, 0) is 5.41 Å². The Morgan fingerprint density at radius 1 is 1.00 bits per heavy atom. The summed E-state index contributed by atoms with van der Waals surface area (Å²) in [4.78, 5) is 8.33. The maximum atomic E-state index is 13.0. The highest BCUT2D eigenvalue weighted by Gasteiger charge is 2.27. The van der Waals surface area contributed by atoms with Crippen molar-refractivity contribution in [3.8, 4) is 11.5 Å². The van der Waals surface area contributed by atoms with Gasteiger partial charge in [0, 0.05) is 23.4 Å². The summed E-state index contributed by atoms with van der Waals surface area (Å²) in [6.07, 6.45) is 5.24. The van der Waals surface area contributed by atoms with E-state index in [-0.39, 0.29) is 11.2 Å². The van der Waals surface area contributed by atoms with Crippen LogP contribution in [0.2, 0.25) is 0 Å². The molecule has 3 rings (SSSR count). The molecule has 0 N–H and O–H groups in total. The third-order valence-corrected chi connectivity index (χ3v) is 3.61. The first kappa shape index (κ1) is 13.5. The highest BCUT2D eigenvalue weighted by Crippen LogP contribution is 2.33. The summed E-state index contributed by atoms with van der Waals surface area (Å²) in [5, 5.41) is 0. The number of oxazole rings is 1. The van der Waals surface area contributed by atoms with Crippen LogP contribution in [0.4, 0.5) is 4.39 Å². The van der Waals surface area contributed by atoms with Gasteiger partial charge in [0.2, 0.25) is 5.89 Å². The first-order chi connectivity index (χ1) is 10.1. The van der Waals surface area contributed by atoms with E-state index in [2.05, 4.69) is 23.8 Å². The molecule has 0 saturated heterocycles. The van der Waals surface area contributed by atoms with Crippen LogP contribution >= 0.6 is 0 Å². The number of hydrogen-bond donors (Lipinski definition) is 0. The summed E-state index contributed by atoms with van der Waals surface area (Å²) in [6.45, 7) is 4.13. The minimum Gasteiger partial charge on any atom is -0.440 e. The summed E-state index contributed by atoms with van der Waals surface area (Å²) < 4.78 is 18.8. The van der Waals surface area contributed by atoms with Crippen molar-refractivity contribution in [2.45, 2.75) is 19.3 Å². The van der Waals surface area contributed by atoms with E-state index in [4.69, 9.17) is 4.42 Å². The monoisotopic (exact) mass is 282 g/mol. The Hall–Kier alpha value is -2.49. The molecular formula is C17H15FN2O. The Bertz CT molecular complexity index is 733. The van der Waals surface area contributed by atoms with Crippen molar-refractivity contribution in [1.29, 1.82) is 0 Å². The molecule has 0 aliphatic rings. The second-order valence-electron chi connectivity index (χ2n) is 5.40. The zero-order chi connectivity index (χ0) is 14.9. The molecule has 4 heteroatoms. The molecule has 3 aromatic rings. The number of nitrogens with zero attached hydrogens (tertiary/aromatic N) is 2. The third kappa shape index (κ3) is 2.57. The minimum absolute atomic E-state index is 0.275. The fraction of sp³-hybridized carbons (Fsp3) is 0.176. The summed E-state index contributed by atoms with van der Waals surface area (Å²) in [7, 11) is 0. The SMILES string of the molecule is CC(C)(c1ccncc1)c1cnc(-c2ccc(F)cc2)o1. The number of rotatable bonds is 3. The summed E-state index contributed by atoms with van der Waals surface area (Å²) in [5.74, 6) is 0.975. The molecule has 21 heavy (non-hydrogen) atoms. The standard InChI is InChI=1S/C17H15FN2O/c1-17(2,13-7-9-19-10-8-13)15-11-20-16(21-15)12-3-5-14(18)6-4-12/h3-11H,1-2H3. The molecular weight excluding hydrogens is 267 g/mol. The van der Waals surface area contributed by atoms with Gasteiger partial charge in [0.1, 0.15) is 11.6 Å². The van der Waals surface area contributed by atoms with E-state index in [0.717, 1.165) is 16.9 Å². The predicted molar refractivity (Wildman–Crippen MR) is 78.3 cm³/mol. The number of hydrogen-bond acceptors (Lipinski definition) is 3. The van der Waals surface area contributed by atoms with E-state index < -0.39 is 0 Å². The maximum absolute atomic E-state index is 13.0. The lowest BCUT2D eigenvalue weighted by Crippen LogP contribution is -2.17. The largest absolute Gasteiger partial charge is 0.440 e. The van der Waals surface area contributed by atoms with Gasteiger partial charge in [0.15, 0.2) is 0 Å². The molecule has 0 aliphatic carbocycles. The Morgan fingerprint density at radius 2 is 1.67 bits per heavy atom. The molecule has 0 saturated carbocycles. The molecule has 0 bridgehead atoms. The molecule has 106 valence electrons. The fourth-order valence-electron chi connectivity index (χ4n) is 2.20. The Kier molecular flexibility index (Phi) is 3.29. The molecule has 0 spiro atoms. The van der Waals surface area contributed by atoms with Gasteiger partial charge in [-0.25, -0.2) is 9.37 Å². The van der Waals surface area contributed by atoms with Crippen LogP contribution in [0.1, 0.15) is 25.2 Å². The molecule has 2 heterocycles. The molecule has 1 aromatic carbocycles. The van der Waals surface area contributed by atoms with Crippen LogP contribution in [0.25, 0.3) is 11.5 Å². The van der Waals surface area contributed by atoms with Gasteiger partial charge >= 0.3 is 0 Å². The lowest BCUT2D eigenvalue weighted by molar-refractivity contribution is 0.436. The number of aromatic nitrogens is 2. The van der Waals surface area contributed by atoms with E-state index >= 15 is 0 Å². The Labute approximate surface area is 122 Å². The molecule has 0 fully saturated rings. The predicted octanol–water partition coefficient (Wildman–Crippen LogP) is 4.20. The molecule has 0 radical (unpaired) electrons. The summed E-state index contributed by atoms with van der Waals surface area (Å²) >= 11 is 0. The van der Waals surface area contributed by atoms with E-state index in [9.17, 15) is 4.39 Å². The van der Waals surface area contributed by atoms with Gasteiger partial charge in [-0.2, -0.15) is 0 Å². The molecule has 0 amide bonds. The molecule has 0 aliphatic heterocycles. The van der Waals surface area contributed by atoms with Crippen LogP contribution in [0, 0.1) is 5.82 Å². The van der Waals surface area contributed by atoms with E-state index in [1.54, 1.807) is 30.7 Å². The van der Waals surface area contributed by atoms with Crippen molar-refractivity contribution in [2.24, 2.45) is 0 Å². The maximum Gasteiger partial charge on any atom is 0.226 e. The van der Waals surface area contributed by atoms with Gasteiger partial charge < -0.3 is 4.42 Å². The first-order valence-corrected chi connectivity index (χ1v) is 6.70. The first-order valence-electron chi connectivity index (χ1n) is 6.70. The van der Waals surface area contributed by atoms with E-state index in [0.29, 0.717) is 5.89 Å². The van der Waals surface area contributed by atoms with E-state index in [1.165, 1.54) is 12.1 Å².